The van der Waals surface area contributed by atoms with E-state index in [1.54, 1.807) is 31.2 Å². The maximum atomic E-state index is 12.8. The van der Waals surface area contributed by atoms with E-state index in [1.807, 2.05) is 6.07 Å². The number of amides is 3. The number of hydrogen-bond donors (Lipinski definition) is 2. The van der Waals surface area contributed by atoms with Gasteiger partial charge in [-0.15, -0.1) is 0 Å². The van der Waals surface area contributed by atoms with Crippen LogP contribution in [0.2, 0.25) is 0 Å². The summed E-state index contributed by atoms with van der Waals surface area (Å²) in [5.41, 5.74) is 0.773. The van der Waals surface area contributed by atoms with Gasteiger partial charge >= 0.3 is 12.0 Å². The maximum absolute atomic E-state index is 12.8. The number of urea groups is 1. The first kappa shape index (κ1) is 21.9. The summed E-state index contributed by atoms with van der Waals surface area (Å²) in [4.78, 5) is 37.1. The second-order valence-corrected chi connectivity index (χ2v) is 8.49. The van der Waals surface area contributed by atoms with Crippen LogP contribution in [0, 0.1) is 17.3 Å². The minimum atomic E-state index is -1.14. The first-order valence-corrected chi connectivity index (χ1v) is 10.1. The molecule has 0 aliphatic heterocycles. The molecule has 154 valence electrons. The lowest BCUT2D eigenvalue weighted by Gasteiger charge is -2.36. The molecule has 1 aromatic carbocycles. The van der Waals surface area contributed by atoms with Crippen molar-refractivity contribution in [3.05, 3.63) is 35.9 Å². The highest BCUT2D eigenvalue weighted by atomic mass is 16.5. The highest BCUT2D eigenvalue weighted by molar-refractivity contribution is 5.97. The zero-order valence-electron chi connectivity index (χ0n) is 17.3. The zero-order valence-corrected chi connectivity index (χ0v) is 17.3. The Morgan fingerprint density at radius 2 is 1.68 bits per heavy atom. The SMILES string of the molecule is CCNC(=O)NC(=O)[C@H](OC(=O)C1CCC(C(C)(C)C)CC1)c1ccccc1. The Labute approximate surface area is 167 Å². The number of imide groups is 1. The van der Waals surface area contributed by atoms with Crippen LogP contribution >= 0.6 is 0 Å². The Kier molecular flexibility index (Phi) is 7.61. The molecule has 3 amide bonds. The number of rotatable bonds is 5. The normalized spacial score (nSPS) is 20.7. The number of carbonyl (C=O) groups excluding carboxylic acids is 3. The van der Waals surface area contributed by atoms with Crippen molar-refractivity contribution in [1.82, 2.24) is 10.6 Å². The van der Waals surface area contributed by atoms with Gasteiger partial charge in [0.1, 0.15) is 0 Å². The van der Waals surface area contributed by atoms with Crippen LogP contribution in [-0.4, -0.2) is 24.5 Å². The monoisotopic (exact) mass is 388 g/mol. The smallest absolute Gasteiger partial charge is 0.321 e. The molecule has 0 spiro atoms. The van der Waals surface area contributed by atoms with Gasteiger partial charge < -0.3 is 10.1 Å². The molecule has 1 aliphatic carbocycles. The Bertz CT molecular complexity index is 674. The molecule has 0 unspecified atom stereocenters. The summed E-state index contributed by atoms with van der Waals surface area (Å²) in [5, 5.41) is 4.76. The van der Waals surface area contributed by atoms with E-state index in [9.17, 15) is 14.4 Å². The van der Waals surface area contributed by atoms with Crippen molar-refractivity contribution >= 4 is 17.9 Å². The summed E-state index contributed by atoms with van der Waals surface area (Å²) in [6, 6.07) is 8.18. The van der Waals surface area contributed by atoms with Gasteiger partial charge in [-0.3, -0.25) is 14.9 Å². The van der Waals surface area contributed by atoms with Gasteiger partial charge in [-0.2, -0.15) is 0 Å². The van der Waals surface area contributed by atoms with Crippen LogP contribution in [0.25, 0.3) is 0 Å². The molecule has 1 saturated carbocycles. The van der Waals surface area contributed by atoms with E-state index >= 15 is 0 Å². The molecule has 1 fully saturated rings. The molecular weight excluding hydrogens is 356 g/mol. The highest BCUT2D eigenvalue weighted by Gasteiger charge is 2.35. The number of hydrogen-bond acceptors (Lipinski definition) is 4. The second kappa shape index (κ2) is 9.71. The lowest BCUT2D eigenvalue weighted by Crippen LogP contribution is -2.43. The molecule has 6 heteroatoms. The van der Waals surface area contributed by atoms with Gasteiger partial charge in [-0.25, -0.2) is 4.79 Å². The van der Waals surface area contributed by atoms with Gasteiger partial charge in [0.05, 0.1) is 5.92 Å². The number of esters is 1. The van der Waals surface area contributed by atoms with Gasteiger partial charge in [0.15, 0.2) is 0 Å². The number of ether oxygens (including phenoxy) is 1. The van der Waals surface area contributed by atoms with Gasteiger partial charge in [0.25, 0.3) is 5.91 Å². The van der Waals surface area contributed by atoms with Crippen LogP contribution in [0.3, 0.4) is 0 Å². The molecule has 0 radical (unpaired) electrons. The molecular formula is C22H32N2O4. The van der Waals surface area contributed by atoms with E-state index in [0.717, 1.165) is 25.7 Å². The highest BCUT2D eigenvalue weighted by Crippen LogP contribution is 2.40. The fraction of sp³-hybridized carbons (Fsp3) is 0.591. The van der Waals surface area contributed by atoms with Crippen molar-refractivity contribution in [3.8, 4) is 0 Å². The Hall–Kier alpha value is -2.37. The molecule has 0 bridgehead atoms. The molecule has 2 rings (SSSR count). The van der Waals surface area contributed by atoms with Gasteiger partial charge in [0, 0.05) is 12.1 Å². The van der Waals surface area contributed by atoms with Gasteiger partial charge in [-0.1, -0.05) is 51.1 Å². The van der Waals surface area contributed by atoms with Crippen LogP contribution in [0.4, 0.5) is 4.79 Å². The minimum Gasteiger partial charge on any atom is -0.447 e. The fourth-order valence-corrected chi connectivity index (χ4v) is 3.69. The van der Waals surface area contributed by atoms with Gasteiger partial charge in [0.2, 0.25) is 6.10 Å². The number of nitrogens with one attached hydrogen (secondary N) is 2. The summed E-state index contributed by atoms with van der Waals surface area (Å²) in [5.74, 6) is -0.634. The molecule has 1 aliphatic rings. The Morgan fingerprint density at radius 1 is 1.07 bits per heavy atom. The molecule has 0 saturated heterocycles. The van der Waals surface area contributed by atoms with Crippen LogP contribution in [-0.2, 0) is 14.3 Å². The standard InChI is InChI=1S/C22H32N2O4/c1-5-23-21(27)24-19(25)18(15-9-7-6-8-10-15)28-20(26)16-11-13-17(14-12-16)22(2,3)4/h6-10,16-18H,5,11-14H2,1-4H3,(H2,23,24,25,27)/t16?,17?,18-/m1/s1. The lowest BCUT2D eigenvalue weighted by atomic mass is 9.70. The quantitative estimate of drug-likeness (QED) is 0.748. The van der Waals surface area contributed by atoms with Crippen molar-refractivity contribution in [2.45, 2.75) is 59.5 Å². The predicted octanol–water partition coefficient (Wildman–Crippen LogP) is 3.97. The van der Waals surface area contributed by atoms with E-state index in [-0.39, 0.29) is 17.3 Å². The summed E-state index contributed by atoms with van der Waals surface area (Å²) in [6.07, 6.45) is 2.34. The van der Waals surface area contributed by atoms with Crippen LogP contribution in [0.1, 0.15) is 65.0 Å². The van der Waals surface area contributed by atoms with Crippen LogP contribution < -0.4 is 10.6 Å². The molecule has 0 heterocycles. The third kappa shape index (κ3) is 6.08. The van der Waals surface area contributed by atoms with Crippen molar-refractivity contribution in [2.24, 2.45) is 17.3 Å². The van der Waals surface area contributed by atoms with E-state index in [4.69, 9.17) is 4.74 Å². The first-order valence-electron chi connectivity index (χ1n) is 10.1. The zero-order chi connectivity index (χ0) is 20.7. The summed E-state index contributed by atoms with van der Waals surface area (Å²) in [7, 11) is 0. The maximum Gasteiger partial charge on any atom is 0.321 e. The minimum absolute atomic E-state index is 0.206. The molecule has 0 aromatic heterocycles. The molecule has 1 aromatic rings. The Morgan fingerprint density at radius 3 is 2.21 bits per heavy atom. The Balaban J connectivity index is 2.05. The van der Waals surface area contributed by atoms with E-state index in [1.165, 1.54) is 0 Å². The summed E-state index contributed by atoms with van der Waals surface area (Å²) < 4.78 is 5.61. The summed E-state index contributed by atoms with van der Waals surface area (Å²) >= 11 is 0. The third-order valence-electron chi connectivity index (χ3n) is 5.43. The van der Waals surface area contributed by atoms with Crippen molar-refractivity contribution in [2.75, 3.05) is 6.54 Å². The lowest BCUT2D eigenvalue weighted by molar-refractivity contribution is -0.161. The molecule has 1 atom stereocenters. The third-order valence-corrected chi connectivity index (χ3v) is 5.43. The number of benzene rings is 1. The van der Waals surface area contributed by atoms with Crippen molar-refractivity contribution in [1.29, 1.82) is 0 Å². The van der Waals surface area contributed by atoms with E-state index in [2.05, 4.69) is 31.4 Å². The average molecular weight is 389 g/mol. The second-order valence-electron chi connectivity index (χ2n) is 8.49. The predicted molar refractivity (Wildman–Crippen MR) is 107 cm³/mol. The molecule has 6 nitrogen and oxygen atoms in total. The van der Waals surface area contributed by atoms with Crippen LogP contribution in [0.15, 0.2) is 30.3 Å². The largest absolute Gasteiger partial charge is 0.447 e. The average Bonchev–Trinajstić information content (AvgIpc) is 2.66. The fourth-order valence-electron chi connectivity index (χ4n) is 3.69. The molecule has 2 N–H and O–H groups in total. The summed E-state index contributed by atoms with van der Waals surface area (Å²) in [6.45, 7) is 8.84. The van der Waals surface area contributed by atoms with Gasteiger partial charge in [-0.05, 0) is 43.9 Å². The molecule has 28 heavy (non-hydrogen) atoms. The van der Waals surface area contributed by atoms with E-state index in [0.29, 0.717) is 18.0 Å². The first-order chi connectivity index (χ1) is 13.2. The van der Waals surface area contributed by atoms with Crippen LogP contribution in [0.5, 0.6) is 0 Å². The number of carbonyl (C=O) groups is 3. The topological polar surface area (TPSA) is 84.5 Å². The van der Waals surface area contributed by atoms with E-state index < -0.39 is 18.0 Å². The van der Waals surface area contributed by atoms with Crippen molar-refractivity contribution < 1.29 is 19.1 Å². The van der Waals surface area contributed by atoms with Crippen molar-refractivity contribution in [3.63, 3.8) is 0 Å².